The number of carbonyl (C=O) groups excluding carboxylic acids is 1. The van der Waals surface area contributed by atoms with Crippen molar-refractivity contribution in [1.82, 2.24) is 4.57 Å². The minimum atomic E-state index is -0.595. The topological polar surface area (TPSA) is 79.9 Å². The van der Waals surface area contributed by atoms with Crippen LogP contribution in [0.3, 0.4) is 0 Å². The summed E-state index contributed by atoms with van der Waals surface area (Å²) in [5.41, 5.74) is 1.72. The number of halogens is 1. The second-order valence-corrected chi connectivity index (χ2v) is 6.23. The maximum Gasteiger partial charge on any atom is 0.420 e. The summed E-state index contributed by atoms with van der Waals surface area (Å²) >= 11 is 3.41. The van der Waals surface area contributed by atoms with Gasteiger partial charge in [0, 0.05) is 10.0 Å². The Morgan fingerprint density at radius 3 is 2.80 bits per heavy atom. The van der Waals surface area contributed by atoms with Crippen molar-refractivity contribution in [2.24, 2.45) is 0 Å². The Balaban J connectivity index is 1.48. The average molecular weight is 406 g/mol. The molecule has 128 valence electrons. The van der Waals surface area contributed by atoms with E-state index in [1.807, 2.05) is 0 Å². The van der Waals surface area contributed by atoms with Gasteiger partial charge in [-0.3, -0.25) is 9.36 Å². The van der Waals surface area contributed by atoms with Crippen molar-refractivity contribution in [1.29, 1.82) is 0 Å². The van der Waals surface area contributed by atoms with Crippen molar-refractivity contribution in [3.05, 3.63) is 57.0 Å². The number of para-hydroxylation sites is 2. The smallest absolute Gasteiger partial charge is 0.420 e. The molecule has 1 aliphatic heterocycles. The molecular formula is C17H12BrNO6. The van der Waals surface area contributed by atoms with Gasteiger partial charge in [-0.2, -0.15) is 0 Å². The van der Waals surface area contributed by atoms with Crippen LogP contribution in [0.4, 0.5) is 0 Å². The Hall–Kier alpha value is -2.74. The van der Waals surface area contributed by atoms with E-state index >= 15 is 0 Å². The van der Waals surface area contributed by atoms with Crippen LogP contribution in [0.5, 0.6) is 11.5 Å². The fourth-order valence-corrected chi connectivity index (χ4v) is 3.00. The maximum absolute atomic E-state index is 12.1. The van der Waals surface area contributed by atoms with Crippen molar-refractivity contribution >= 4 is 33.0 Å². The molecule has 0 fully saturated rings. The number of benzene rings is 2. The molecule has 8 heteroatoms. The number of hydrogen-bond acceptors (Lipinski definition) is 6. The molecular weight excluding hydrogens is 394 g/mol. The zero-order valence-electron chi connectivity index (χ0n) is 12.9. The molecule has 0 aliphatic carbocycles. The van der Waals surface area contributed by atoms with Crippen LogP contribution in [0.15, 0.2) is 50.1 Å². The molecule has 0 N–H and O–H groups in total. The first-order valence-electron chi connectivity index (χ1n) is 7.44. The second-order valence-electron chi connectivity index (χ2n) is 5.38. The van der Waals surface area contributed by atoms with E-state index in [4.69, 9.17) is 18.6 Å². The van der Waals surface area contributed by atoms with Crippen molar-refractivity contribution in [2.75, 3.05) is 6.79 Å². The van der Waals surface area contributed by atoms with Gasteiger partial charge in [0.25, 0.3) is 0 Å². The van der Waals surface area contributed by atoms with Gasteiger partial charge in [-0.1, -0.05) is 28.1 Å². The molecule has 0 radical (unpaired) electrons. The predicted molar refractivity (Wildman–Crippen MR) is 90.5 cm³/mol. The molecule has 1 aliphatic rings. The number of ether oxygens (including phenoxy) is 3. The molecule has 4 rings (SSSR count). The molecule has 3 aromatic rings. The molecule has 7 nitrogen and oxygen atoms in total. The van der Waals surface area contributed by atoms with Crippen molar-refractivity contribution in [2.45, 2.75) is 13.2 Å². The first-order chi connectivity index (χ1) is 12.1. The number of rotatable bonds is 4. The van der Waals surface area contributed by atoms with Crippen molar-refractivity contribution in [3.8, 4) is 11.5 Å². The number of nitrogens with zero attached hydrogens (tertiary/aromatic N) is 1. The fourth-order valence-electron chi connectivity index (χ4n) is 2.57. The van der Waals surface area contributed by atoms with Gasteiger partial charge in [0.05, 0.1) is 5.52 Å². The highest BCUT2D eigenvalue weighted by atomic mass is 79.9. The highest BCUT2D eigenvalue weighted by Crippen LogP contribution is 2.37. The molecule has 0 amide bonds. The Morgan fingerprint density at radius 2 is 1.96 bits per heavy atom. The monoisotopic (exact) mass is 405 g/mol. The molecule has 25 heavy (non-hydrogen) atoms. The van der Waals surface area contributed by atoms with E-state index in [0.29, 0.717) is 22.6 Å². The quantitative estimate of drug-likeness (QED) is 0.620. The van der Waals surface area contributed by atoms with Gasteiger partial charge >= 0.3 is 11.7 Å². The van der Waals surface area contributed by atoms with E-state index < -0.39 is 11.7 Å². The number of fused-ring (bicyclic) bond motifs is 2. The summed E-state index contributed by atoms with van der Waals surface area (Å²) in [5, 5.41) is 0. The molecule has 2 aromatic carbocycles. The number of aromatic nitrogens is 1. The zero-order chi connectivity index (χ0) is 17.4. The Kier molecular flexibility index (Phi) is 3.96. The van der Waals surface area contributed by atoms with E-state index in [2.05, 4.69) is 15.9 Å². The molecule has 0 saturated carbocycles. The number of oxazole rings is 1. The standard InChI is InChI=1S/C17H12BrNO6/c18-11-6-15-14(23-9-24-15)5-10(11)8-22-16(20)7-19-12-3-1-2-4-13(12)25-17(19)21/h1-6H,7-9H2. The van der Waals surface area contributed by atoms with Crippen LogP contribution < -0.4 is 15.2 Å². The minimum Gasteiger partial charge on any atom is -0.459 e. The summed E-state index contributed by atoms with van der Waals surface area (Å²) in [4.78, 5) is 24.0. The van der Waals surface area contributed by atoms with E-state index in [-0.39, 0.29) is 19.9 Å². The molecule has 0 saturated heterocycles. The van der Waals surface area contributed by atoms with Crippen molar-refractivity contribution < 1.29 is 23.4 Å². The van der Waals surface area contributed by atoms with Gasteiger partial charge in [0.1, 0.15) is 13.2 Å². The summed E-state index contributed by atoms with van der Waals surface area (Å²) < 4.78 is 22.9. The average Bonchev–Trinajstić information content (AvgIpc) is 3.17. The van der Waals surface area contributed by atoms with E-state index in [1.54, 1.807) is 36.4 Å². The molecule has 0 spiro atoms. The lowest BCUT2D eigenvalue weighted by Gasteiger charge is -2.08. The zero-order valence-corrected chi connectivity index (χ0v) is 14.4. The van der Waals surface area contributed by atoms with Crippen LogP contribution >= 0.6 is 15.9 Å². The third kappa shape index (κ3) is 3.00. The molecule has 2 heterocycles. The minimum absolute atomic E-state index is 0.0423. The number of carbonyl (C=O) groups is 1. The SMILES string of the molecule is O=C(Cn1c(=O)oc2ccccc21)OCc1cc2c(cc1Br)OCO2. The van der Waals surface area contributed by atoms with Gasteiger partial charge in [0.2, 0.25) is 6.79 Å². The van der Waals surface area contributed by atoms with E-state index in [9.17, 15) is 9.59 Å². The van der Waals surface area contributed by atoms with Crippen LogP contribution in [0, 0.1) is 0 Å². The van der Waals surface area contributed by atoms with Gasteiger partial charge in [-0.25, -0.2) is 4.79 Å². The maximum atomic E-state index is 12.1. The summed E-state index contributed by atoms with van der Waals surface area (Å²) in [5.74, 6) is 0.102. The highest BCUT2D eigenvalue weighted by molar-refractivity contribution is 9.10. The first-order valence-corrected chi connectivity index (χ1v) is 8.23. The number of hydrogen-bond donors (Lipinski definition) is 0. The van der Waals surface area contributed by atoms with Crippen LogP contribution in [0.25, 0.3) is 11.1 Å². The van der Waals surface area contributed by atoms with E-state index in [0.717, 1.165) is 10.0 Å². The first kappa shape index (κ1) is 15.8. The number of esters is 1. The highest BCUT2D eigenvalue weighted by Gasteiger charge is 2.18. The van der Waals surface area contributed by atoms with E-state index in [1.165, 1.54) is 4.57 Å². The fraction of sp³-hybridized carbons (Fsp3) is 0.176. The van der Waals surface area contributed by atoms with Gasteiger partial charge in [-0.05, 0) is 24.3 Å². The van der Waals surface area contributed by atoms with Crippen LogP contribution in [0.2, 0.25) is 0 Å². The summed E-state index contributed by atoms with van der Waals surface area (Å²) in [6.45, 7) is -0.0138. The summed E-state index contributed by atoms with van der Waals surface area (Å²) in [6.07, 6.45) is 0. The Labute approximate surface area is 149 Å². The molecule has 0 unspecified atom stereocenters. The van der Waals surface area contributed by atoms with Gasteiger partial charge in [0.15, 0.2) is 17.1 Å². The predicted octanol–water partition coefficient (Wildman–Crippen LogP) is 2.83. The third-order valence-corrected chi connectivity index (χ3v) is 4.53. The molecule has 0 atom stereocenters. The normalized spacial score (nSPS) is 12.5. The lowest BCUT2D eigenvalue weighted by molar-refractivity contribution is -0.145. The van der Waals surface area contributed by atoms with Crippen LogP contribution in [-0.2, 0) is 22.7 Å². The summed E-state index contributed by atoms with van der Waals surface area (Å²) in [6, 6.07) is 10.4. The second kappa shape index (κ2) is 6.29. The largest absolute Gasteiger partial charge is 0.459 e. The molecule has 0 bridgehead atoms. The van der Waals surface area contributed by atoms with Crippen LogP contribution in [0.1, 0.15) is 5.56 Å². The van der Waals surface area contributed by atoms with Crippen molar-refractivity contribution in [3.63, 3.8) is 0 Å². The van der Waals surface area contributed by atoms with Gasteiger partial charge < -0.3 is 18.6 Å². The Bertz CT molecular complexity index is 1020. The van der Waals surface area contributed by atoms with Gasteiger partial charge in [-0.15, -0.1) is 0 Å². The van der Waals surface area contributed by atoms with Crippen LogP contribution in [-0.4, -0.2) is 17.3 Å². The Morgan fingerprint density at radius 1 is 1.20 bits per heavy atom. The lowest BCUT2D eigenvalue weighted by atomic mass is 10.2. The third-order valence-electron chi connectivity index (χ3n) is 3.79. The molecule has 1 aromatic heterocycles. The summed E-state index contributed by atoms with van der Waals surface area (Å²) in [7, 11) is 0. The lowest BCUT2D eigenvalue weighted by Crippen LogP contribution is -2.21.